The van der Waals surface area contributed by atoms with E-state index < -0.39 is 11.8 Å². The van der Waals surface area contributed by atoms with Crippen LogP contribution in [-0.4, -0.2) is 24.7 Å². The maximum atomic E-state index is 13.1. The average molecular weight is 251 g/mol. The largest absolute Gasteiger partial charge is 0.478 e. The first-order valence-electron chi connectivity index (χ1n) is 6.32. The van der Waals surface area contributed by atoms with Crippen molar-refractivity contribution < 1.29 is 14.3 Å². The summed E-state index contributed by atoms with van der Waals surface area (Å²) >= 11 is 0. The Hall–Kier alpha value is -1.58. The number of carbonyl (C=O) groups is 1. The van der Waals surface area contributed by atoms with Crippen LogP contribution in [0.3, 0.4) is 0 Å². The molecule has 0 bridgehead atoms. The zero-order valence-electron chi connectivity index (χ0n) is 10.5. The lowest BCUT2D eigenvalue weighted by atomic mass is 10.1. The van der Waals surface area contributed by atoms with Gasteiger partial charge in [0.1, 0.15) is 5.82 Å². The van der Waals surface area contributed by atoms with Crippen LogP contribution in [0.4, 0.5) is 10.1 Å². The van der Waals surface area contributed by atoms with E-state index in [1.54, 1.807) is 6.07 Å². The van der Waals surface area contributed by atoms with E-state index in [4.69, 9.17) is 5.11 Å². The summed E-state index contributed by atoms with van der Waals surface area (Å²) in [6.45, 7) is 0.839. The Morgan fingerprint density at radius 3 is 2.72 bits per heavy atom. The molecule has 0 saturated heterocycles. The Labute approximate surface area is 106 Å². The van der Waals surface area contributed by atoms with E-state index in [9.17, 15) is 9.18 Å². The van der Waals surface area contributed by atoms with Gasteiger partial charge in [-0.1, -0.05) is 12.8 Å². The molecule has 1 fully saturated rings. The van der Waals surface area contributed by atoms with Crippen molar-refractivity contribution >= 4 is 11.7 Å². The molecule has 0 amide bonds. The Balaban J connectivity index is 2.17. The molecule has 0 aliphatic heterocycles. The summed E-state index contributed by atoms with van der Waals surface area (Å²) in [5.74, 6) is -0.963. The molecule has 1 aliphatic carbocycles. The second kappa shape index (κ2) is 5.38. The zero-order chi connectivity index (χ0) is 13.1. The molecule has 1 saturated carbocycles. The van der Waals surface area contributed by atoms with Crippen LogP contribution in [-0.2, 0) is 0 Å². The fourth-order valence-electron chi connectivity index (χ4n) is 2.69. The van der Waals surface area contributed by atoms with Crippen LogP contribution in [0.5, 0.6) is 0 Å². The maximum absolute atomic E-state index is 13.1. The lowest BCUT2D eigenvalue weighted by Gasteiger charge is -2.24. The summed E-state index contributed by atoms with van der Waals surface area (Å²) in [5.41, 5.74) is 0.631. The molecule has 0 spiro atoms. The van der Waals surface area contributed by atoms with Crippen LogP contribution in [0.2, 0.25) is 0 Å². The minimum atomic E-state index is -1.08. The molecule has 4 heteroatoms. The first-order valence-corrected chi connectivity index (χ1v) is 6.32. The minimum absolute atomic E-state index is 0.0375. The van der Waals surface area contributed by atoms with Gasteiger partial charge in [0.15, 0.2) is 0 Å². The first kappa shape index (κ1) is 12.9. The summed E-state index contributed by atoms with van der Waals surface area (Å²) in [4.78, 5) is 13.1. The Morgan fingerprint density at radius 2 is 2.11 bits per heavy atom. The fourth-order valence-corrected chi connectivity index (χ4v) is 2.69. The summed E-state index contributed by atoms with van der Waals surface area (Å²) in [5, 5.41) is 9.11. The highest BCUT2D eigenvalue weighted by molar-refractivity contribution is 5.94. The number of halogens is 1. The normalized spacial score (nSPS) is 15.9. The fraction of sp³-hybridized carbons (Fsp3) is 0.500. The third-order valence-electron chi connectivity index (χ3n) is 3.61. The molecule has 0 atom stereocenters. The first-order chi connectivity index (χ1) is 8.58. The topological polar surface area (TPSA) is 40.5 Å². The number of hydrogen-bond donors (Lipinski definition) is 1. The third kappa shape index (κ3) is 2.81. The van der Waals surface area contributed by atoms with Gasteiger partial charge >= 0.3 is 5.97 Å². The van der Waals surface area contributed by atoms with E-state index in [1.165, 1.54) is 31.7 Å². The Kier molecular flexibility index (Phi) is 3.84. The molecule has 1 aliphatic rings. The van der Waals surface area contributed by atoms with E-state index in [2.05, 4.69) is 0 Å². The van der Waals surface area contributed by atoms with Crippen molar-refractivity contribution in [1.29, 1.82) is 0 Å². The standard InChI is InChI=1S/C14H18FNO2/c1-16(9-10-4-2-3-5-10)13-7-6-11(15)8-12(13)14(17)18/h6-8,10H,2-5,9H2,1H3,(H,17,18). The second-order valence-corrected chi connectivity index (χ2v) is 5.00. The summed E-state index contributed by atoms with van der Waals surface area (Å²) in [6, 6.07) is 3.95. The molecule has 0 heterocycles. The molecule has 3 nitrogen and oxygen atoms in total. The predicted molar refractivity (Wildman–Crippen MR) is 68.6 cm³/mol. The molecule has 0 radical (unpaired) electrons. The van der Waals surface area contributed by atoms with E-state index in [0.717, 1.165) is 12.6 Å². The number of hydrogen-bond acceptors (Lipinski definition) is 2. The van der Waals surface area contributed by atoms with E-state index >= 15 is 0 Å². The van der Waals surface area contributed by atoms with Gasteiger partial charge in [-0.15, -0.1) is 0 Å². The predicted octanol–water partition coefficient (Wildman–Crippen LogP) is 3.15. The van der Waals surface area contributed by atoms with Crippen LogP contribution in [0.1, 0.15) is 36.0 Å². The van der Waals surface area contributed by atoms with E-state index in [0.29, 0.717) is 11.6 Å². The number of nitrogens with zero attached hydrogens (tertiary/aromatic N) is 1. The van der Waals surface area contributed by atoms with E-state index in [-0.39, 0.29) is 5.56 Å². The summed E-state index contributed by atoms with van der Waals surface area (Å²) < 4.78 is 13.1. The van der Waals surface area contributed by atoms with Crippen LogP contribution < -0.4 is 4.90 Å². The molecule has 1 aromatic rings. The lowest BCUT2D eigenvalue weighted by Crippen LogP contribution is -2.25. The second-order valence-electron chi connectivity index (χ2n) is 5.00. The van der Waals surface area contributed by atoms with Crippen LogP contribution >= 0.6 is 0 Å². The molecular formula is C14H18FNO2. The van der Waals surface area contributed by atoms with Crippen LogP contribution in [0.25, 0.3) is 0 Å². The number of carboxylic acid groups (broad SMARTS) is 1. The van der Waals surface area contributed by atoms with Crippen molar-refractivity contribution in [3.8, 4) is 0 Å². The highest BCUT2D eigenvalue weighted by Gasteiger charge is 2.20. The smallest absolute Gasteiger partial charge is 0.337 e. The number of aromatic carboxylic acids is 1. The molecule has 1 aromatic carbocycles. The van der Waals surface area contributed by atoms with Crippen LogP contribution in [0, 0.1) is 11.7 Å². The quantitative estimate of drug-likeness (QED) is 0.893. The number of rotatable bonds is 4. The van der Waals surface area contributed by atoms with Crippen LogP contribution in [0.15, 0.2) is 18.2 Å². The number of anilines is 1. The maximum Gasteiger partial charge on any atom is 0.337 e. The molecule has 18 heavy (non-hydrogen) atoms. The number of carboxylic acids is 1. The van der Waals surface area contributed by atoms with Gasteiger partial charge < -0.3 is 10.0 Å². The highest BCUT2D eigenvalue weighted by Crippen LogP contribution is 2.28. The molecule has 98 valence electrons. The van der Waals surface area contributed by atoms with Gasteiger partial charge in [-0.05, 0) is 37.0 Å². The van der Waals surface area contributed by atoms with Gasteiger partial charge in [0.05, 0.1) is 11.3 Å². The van der Waals surface area contributed by atoms with Crippen molar-refractivity contribution in [2.24, 2.45) is 5.92 Å². The Bertz CT molecular complexity index is 441. The highest BCUT2D eigenvalue weighted by atomic mass is 19.1. The lowest BCUT2D eigenvalue weighted by molar-refractivity contribution is 0.0697. The zero-order valence-corrected chi connectivity index (χ0v) is 10.5. The molecular weight excluding hydrogens is 233 g/mol. The molecule has 0 aromatic heterocycles. The summed E-state index contributed by atoms with van der Waals surface area (Å²) in [6.07, 6.45) is 4.92. The molecule has 2 rings (SSSR count). The summed E-state index contributed by atoms with van der Waals surface area (Å²) in [7, 11) is 1.87. The van der Waals surface area contributed by atoms with Crippen molar-refractivity contribution in [1.82, 2.24) is 0 Å². The van der Waals surface area contributed by atoms with Gasteiger partial charge in [0.2, 0.25) is 0 Å². The van der Waals surface area contributed by atoms with Gasteiger partial charge in [-0.3, -0.25) is 0 Å². The van der Waals surface area contributed by atoms with Gasteiger partial charge in [-0.25, -0.2) is 9.18 Å². The third-order valence-corrected chi connectivity index (χ3v) is 3.61. The van der Waals surface area contributed by atoms with Gasteiger partial charge in [0.25, 0.3) is 0 Å². The van der Waals surface area contributed by atoms with Gasteiger partial charge in [-0.2, -0.15) is 0 Å². The van der Waals surface area contributed by atoms with E-state index in [1.807, 2.05) is 11.9 Å². The minimum Gasteiger partial charge on any atom is -0.478 e. The SMILES string of the molecule is CN(CC1CCCC1)c1ccc(F)cc1C(=O)O. The van der Waals surface area contributed by atoms with Crippen molar-refractivity contribution in [3.05, 3.63) is 29.6 Å². The molecule has 0 unspecified atom stereocenters. The van der Waals surface area contributed by atoms with Crippen molar-refractivity contribution in [2.75, 3.05) is 18.5 Å². The Morgan fingerprint density at radius 1 is 1.44 bits per heavy atom. The van der Waals surface area contributed by atoms with Gasteiger partial charge in [0, 0.05) is 13.6 Å². The number of benzene rings is 1. The van der Waals surface area contributed by atoms with Crippen molar-refractivity contribution in [2.45, 2.75) is 25.7 Å². The molecule has 1 N–H and O–H groups in total. The monoisotopic (exact) mass is 251 g/mol. The van der Waals surface area contributed by atoms with Crippen molar-refractivity contribution in [3.63, 3.8) is 0 Å². The average Bonchev–Trinajstić information content (AvgIpc) is 2.81.